The maximum absolute atomic E-state index is 2.37. The Labute approximate surface area is 792 Å². The second kappa shape index (κ2) is 35.9. The van der Waals surface area contributed by atoms with Crippen LogP contribution in [0.25, 0.3) is 252 Å². The fourth-order valence-electron chi connectivity index (χ4n) is 21.1. The Morgan fingerprint density at radius 2 is 0.235 bits per heavy atom. The van der Waals surface area contributed by atoms with Crippen LogP contribution in [-0.2, 0) is 0 Å². The van der Waals surface area contributed by atoms with E-state index in [1.165, 1.54) is 252 Å². The Bertz CT molecular complexity index is 8820. The molecule has 0 heteroatoms. The van der Waals surface area contributed by atoms with Crippen molar-refractivity contribution in [2.24, 2.45) is 0 Å². The van der Waals surface area contributed by atoms with Crippen LogP contribution in [0.2, 0.25) is 0 Å². The molecule has 0 radical (unpaired) electrons. The van der Waals surface area contributed by atoms with Crippen molar-refractivity contribution >= 4 is 108 Å². The van der Waals surface area contributed by atoms with Crippen LogP contribution >= 0.6 is 0 Å². The minimum atomic E-state index is 1.22. The monoisotopic (exact) mass is 1720 g/mol. The Balaban J connectivity index is 0.000000112. The highest BCUT2D eigenvalue weighted by Gasteiger charge is 2.23. The molecule has 0 fully saturated rings. The molecule has 0 amide bonds. The van der Waals surface area contributed by atoms with Crippen LogP contribution in [0.1, 0.15) is 0 Å². The summed E-state index contributed by atoms with van der Waals surface area (Å²) in [5.74, 6) is 0. The van der Waals surface area contributed by atoms with E-state index in [1.807, 2.05) is 0 Å². The summed E-state index contributed by atoms with van der Waals surface area (Å²) in [6.45, 7) is 0. The number of hydrogen-bond acceptors (Lipinski definition) is 0. The van der Waals surface area contributed by atoms with Gasteiger partial charge in [-0.2, -0.15) is 0 Å². The highest BCUT2D eigenvalue weighted by atomic mass is 14.3. The molecule has 0 nitrogen and oxygen atoms in total. The predicted molar refractivity (Wildman–Crippen MR) is 585 cm³/mol. The van der Waals surface area contributed by atoms with Crippen LogP contribution in [0.5, 0.6) is 0 Å². The number of fused-ring (bicyclic) bond motifs is 10. The molecule has 136 heavy (non-hydrogen) atoms. The first-order valence-electron chi connectivity index (χ1n) is 47.1. The van der Waals surface area contributed by atoms with E-state index in [-0.39, 0.29) is 0 Å². The first-order valence-corrected chi connectivity index (χ1v) is 47.1. The highest BCUT2D eigenvalue weighted by molar-refractivity contribution is 6.25. The number of rotatable bonds is 13. The molecule has 0 aliphatic heterocycles. The summed E-state index contributed by atoms with van der Waals surface area (Å²) >= 11 is 0. The second-order valence-corrected chi connectivity index (χ2v) is 35.5. The van der Waals surface area contributed by atoms with Crippen LogP contribution < -0.4 is 0 Å². The quantitative estimate of drug-likeness (QED) is 0.101. The Morgan fingerprint density at radius 1 is 0.0735 bits per heavy atom. The Morgan fingerprint density at radius 3 is 0.507 bits per heavy atom. The largest absolute Gasteiger partial charge is 0.0622 e. The standard InChI is InChI=1S/C48H32.C46H30.C42H28/c1-4-14-33(15-5-1)40-30-41(34-16-6-2-7-17-34)32-42(31-40)38-25-24-37-29-39(27-26-36(37)28-38)48-45-22-12-10-20-43(45)47(35-18-8-3-9-19-35)44-21-11-13-23-46(44)48;1-2-13-32(14-3-1)45-41-18-8-10-20-43(41)46(44-21-11-9-19-42(44)45)38-27-24-34-29-37(26-23-35(34)30-38)40-17-7-6-16-39(40)36-25-22-31-12-4-5-15-33(31)28-36;1-3-13-29(14-4-1)35-17-7-8-18-36(35)33-25-23-32-28-34(26-24-31(32)27-33)42-39-21-11-9-19-37(39)41(30-15-5-2-6-16-30)38-20-10-12-22-40(38)42/h1-32H;1-30H;1-28H. The van der Waals surface area contributed by atoms with E-state index in [2.05, 4.69) is 546 Å². The zero-order chi connectivity index (χ0) is 90.2. The fraction of sp³-hybridized carbons (Fsp3) is 0. The van der Waals surface area contributed by atoms with E-state index in [0.29, 0.717) is 0 Å². The number of hydrogen-bond donors (Lipinski definition) is 0. The van der Waals surface area contributed by atoms with Crippen molar-refractivity contribution in [3.05, 3.63) is 546 Å². The normalized spacial score (nSPS) is 11.4. The predicted octanol–water partition coefficient (Wildman–Crippen LogP) is 38.3. The van der Waals surface area contributed by atoms with Gasteiger partial charge in [0.2, 0.25) is 0 Å². The van der Waals surface area contributed by atoms with Gasteiger partial charge in [-0.3, -0.25) is 0 Å². The van der Waals surface area contributed by atoms with E-state index in [0.717, 1.165) is 0 Å². The molecule has 0 atom stereocenters. The van der Waals surface area contributed by atoms with E-state index >= 15 is 0 Å². The molecule has 0 aromatic heterocycles. The van der Waals surface area contributed by atoms with Crippen molar-refractivity contribution in [2.45, 2.75) is 0 Å². The van der Waals surface area contributed by atoms with E-state index in [1.54, 1.807) is 0 Å². The molecule has 0 spiro atoms. The lowest BCUT2D eigenvalue weighted by Crippen LogP contribution is -1.91. The van der Waals surface area contributed by atoms with E-state index < -0.39 is 0 Å². The molecular weight excluding hydrogens is 1630 g/mol. The minimum absolute atomic E-state index is 1.22. The second-order valence-electron chi connectivity index (χ2n) is 35.5. The zero-order valence-electron chi connectivity index (χ0n) is 75.0. The van der Waals surface area contributed by atoms with Gasteiger partial charge >= 0.3 is 0 Å². The fourth-order valence-corrected chi connectivity index (χ4v) is 21.1. The van der Waals surface area contributed by atoms with Crippen molar-refractivity contribution in [1.29, 1.82) is 0 Å². The molecule has 0 saturated carbocycles. The highest BCUT2D eigenvalue weighted by Crippen LogP contribution is 2.50. The summed E-state index contributed by atoms with van der Waals surface area (Å²) in [6, 6.07) is 199. The summed E-state index contributed by atoms with van der Waals surface area (Å²) in [4.78, 5) is 0. The Hall–Kier alpha value is -17.7. The van der Waals surface area contributed by atoms with Crippen molar-refractivity contribution in [1.82, 2.24) is 0 Å². The summed E-state index contributed by atoms with van der Waals surface area (Å²) in [5.41, 5.74) is 32.5. The van der Waals surface area contributed by atoms with Gasteiger partial charge in [-0.25, -0.2) is 0 Å². The van der Waals surface area contributed by atoms with Crippen molar-refractivity contribution in [2.75, 3.05) is 0 Å². The lowest BCUT2D eigenvalue weighted by Gasteiger charge is -2.18. The minimum Gasteiger partial charge on any atom is -0.0622 e. The van der Waals surface area contributed by atoms with Crippen LogP contribution in [0.4, 0.5) is 0 Å². The van der Waals surface area contributed by atoms with Gasteiger partial charge in [-0.1, -0.05) is 485 Å². The van der Waals surface area contributed by atoms with Gasteiger partial charge in [-0.05, 0) is 313 Å². The summed E-state index contributed by atoms with van der Waals surface area (Å²) in [7, 11) is 0. The third-order valence-corrected chi connectivity index (χ3v) is 27.5. The maximum Gasteiger partial charge on any atom is -0.00262 e. The van der Waals surface area contributed by atoms with Gasteiger partial charge in [0.15, 0.2) is 0 Å². The van der Waals surface area contributed by atoms with E-state index in [4.69, 9.17) is 0 Å². The smallest absolute Gasteiger partial charge is 0.00262 e. The maximum atomic E-state index is 2.37. The lowest BCUT2D eigenvalue weighted by atomic mass is 9.85. The average Bonchev–Trinajstić information content (AvgIpc) is 0.738. The molecule has 0 heterocycles. The first kappa shape index (κ1) is 81.5. The number of benzene rings is 26. The van der Waals surface area contributed by atoms with Gasteiger partial charge in [0.25, 0.3) is 0 Å². The average molecular weight is 1720 g/mol. The topological polar surface area (TPSA) is 0 Å². The van der Waals surface area contributed by atoms with Gasteiger partial charge in [0.05, 0.1) is 0 Å². The molecule has 0 unspecified atom stereocenters. The van der Waals surface area contributed by atoms with Gasteiger partial charge in [-0.15, -0.1) is 0 Å². The third kappa shape index (κ3) is 15.5. The van der Waals surface area contributed by atoms with Crippen LogP contribution in [0.15, 0.2) is 546 Å². The van der Waals surface area contributed by atoms with Crippen LogP contribution in [0, 0.1) is 0 Å². The molecule has 26 aromatic rings. The molecule has 634 valence electrons. The van der Waals surface area contributed by atoms with Gasteiger partial charge < -0.3 is 0 Å². The SMILES string of the molecule is c1ccc(-c2c3ccccc3c(-c3ccc4cc(-c5ccccc5-c5ccc6ccccc6c5)ccc4c3)c3ccccc23)cc1.c1ccc(-c2cc(-c3ccccc3)cc(-c3ccc4cc(-c5c6ccccc6c(-c6ccccc6)c6ccccc56)ccc4c3)c2)cc1.c1ccc(-c2ccccc2-c2ccc3cc(-c4c5ccccc5c(-c5ccccc5)c5ccccc45)ccc3c2)cc1. The molecular formula is C136H90. The third-order valence-electron chi connectivity index (χ3n) is 27.5. The van der Waals surface area contributed by atoms with Crippen molar-refractivity contribution in [3.63, 3.8) is 0 Å². The molecule has 0 bridgehead atoms. The van der Waals surface area contributed by atoms with Gasteiger partial charge in [0.1, 0.15) is 0 Å². The van der Waals surface area contributed by atoms with Crippen molar-refractivity contribution < 1.29 is 0 Å². The van der Waals surface area contributed by atoms with Gasteiger partial charge in [0, 0.05) is 0 Å². The summed E-state index contributed by atoms with van der Waals surface area (Å²) in [5, 5.41) is 25.3. The lowest BCUT2D eigenvalue weighted by molar-refractivity contribution is 1.57. The Kier molecular flexibility index (Phi) is 21.5. The summed E-state index contributed by atoms with van der Waals surface area (Å²) < 4.78 is 0. The molecule has 0 saturated heterocycles. The molecule has 26 aromatic carbocycles. The van der Waals surface area contributed by atoms with Crippen molar-refractivity contribution in [3.8, 4) is 145 Å². The molecule has 0 aliphatic carbocycles. The van der Waals surface area contributed by atoms with E-state index in [9.17, 15) is 0 Å². The molecule has 26 rings (SSSR count). The van der Waals surface area contributed by atoms with Crippen LogP contribution in [0.3, 0.4) is 0 Å². The van der Waals surface area contributed by atoms with Crippen LogP contribution in [-0.4, -0.2) is 0 Å². The molecule has 0 aliphatic rings. The zero-order valence-corrected chi connectivity index (χ0v) is 75.0. The summed E-state index contributed by atoms with van der Waals surface area (Å²) in [6.07, 6.45) is 0. The first-order chi connectivity index (χ1) is 67.5. The molecule has 0 N–H and O–H groups in total.